The molecule has 0 aromatic heterocycles. The highest BCUT2D eigenvalue weighted by molar-refractivity contribution is 5.79. The molecule has 0 N–H and O–H groups in total. The first-order chi connectivity index (χ1) is 12.4. The molecule has 4 fully saturated rings. The average Bonchev–Trinajstić information content (AvgIpc) is 3.20. The van der Waals surface area contributed by atoms with Crippen molar-refractivity contribution in [2.75, 3.05) is 13.2 Å². The number of carbonyl (C=O) groups is 1. The van der Waals surface area contributed by atoms with Crippen molar-refractivity contribution in [2.24, 2.45) is 34.5 Å². The number of carbonyl (C=O) groups excluding carboxylic acids is 1. The Balaban J connectivity index is 1.44. The van der Waals surface area contributed by atoms with Crippen molar-refractivity contribution in [3.63, 3.8) is 0 Å². The minimum atomic E-state index is -0.311. The van der Waals surface area contributed by atoms with Crippen LogP contribution in [0.5, 0.6) is 0 Å². The molecule has 0 bridgehead atoms. The van der Waals surface area contributed by atoms with Gasteiger partial charge < -0.3 is 9.47 Å². The second-order valence-electron chi connectivity index (χ2n) is 10.3. The second-order valence-corrected chi connectivity index (χ2v) is 10.3. The lowest BCUT2D eigenvalue weighted by atomic mass is 9.47. The number of hydrogen-bond donors (Lipinski definition) is 0. The van der Waals surface area contributed by atoms with Gasteiger partial charge in [0.15, 0.2) is 5.79 Å². The number of allylic oxidation sites excluding steroid dienone is 1. The Morgan fingerprint density at radius 3 is 2.54 bits per heavy atom. The summed E-state index contributed by atoms with van der Waals surface area (Å²) in [4.78, 5) is 12.3. The predicted molar refractivity (Wildman–Crippen MR) is 101 cm³/mol. The maximum absolute atomic E-state index is 12.3. The second kappa shape index (κ2) is 5.67. The van der Waals surface area contributed by atoms with Crippen molar-refractivity contribution < 1.29 is 14.3 Å². The van der Waals surface area contributed by atoms with Gasteiger partial charge in [-0.2, -0.15) is 0 Å². The molecule has 26 heavy (non-hydrogen) atoms. The van der Waals surface area contributed by atoms with E-state index in [0.29, 0.717) is 17.1 Å². The number of ether oxygens (including phenoxy) is 2. The zero-order valence-corrected chi connectivity index (χ0v) is 16.7. The summed E-state index contributed by atoms with van der Waals surface area (Å²) in [6.07, 6.45) is 11.9. The van der Waals surface area contributed by atoms with Crippen LogP contribution in [0.1, 0.15) is 72.1 Å². The van der Waals surface area contributed by atoms with Gasteiger partial charge in [0.1, 0.15) is 5.78 Å². The third kappa shape index (κ3) is 2.22. The predicted octanol–water partition coefficient (Wildman–Crippen LogP) is 4.90. The van der Waals surface area contributed by atoms with E-state index in [1.807, 2.05) is 6.92 Å². The van der Waals surface area contributed by atoms with Gasteiger partial charge in [-0.25, -0.2) is 0 Å². The van der Waals surface area contributed by atoms with E-state index in [-0.39, 0.29) is 11.2 Å². The van der Waals surface area contributed by atoms with E-state index in [2.05, 4.69) is 19.9 Å². The molecular weight excluding hydrogens is 324 g/mol. The maximum Gasteiger partial charge on any atom is 0.172 e. The molecular formula is C23H34O3. The third-order valence-electron chi connectivity index (χ3n) is 9.41. The zero-order chi connectivity index (χ0) is 18.2. The maximum atomic E-state index is 12.3. The molecule has 3 heteroatoms. The molecule has 1 aliphatic heterocycles. The van der Waals surface area contributed by atoms with Crippen LogP contribution in [0.2, 0.25) is 0 Å². The van der Waals surface area contributed by atoms with Gasteiger partial charge in [-0.3, -0.25) is 4.79 Å². The zero-order valence-electron chi connectivity index (χ0n) is 16.7. The summed E-state index contributed by atoms with van der Waals surface area (Å²) in [7, 11) is 0. The average molecular weight is 359 g/mol. The van der Waals surface area contributed by atoms with Crippen LogP contribution in [0.4, 0.5) is 0 Å². The van der Waals surface area contributed by atoms with Crippen molar-refractivity contribution in [1.82, 2.24) is 0 Å². The van der Waals surface area contributed by atoms with Crippen molar-refractivity contribution >= 4 is 5.78 Å². The minimum Gasteiger partial charge on any atom is -0.347 e. The molecule has 0 aromatic carbocycles. The fourth-order valence-corrected chi connectivity index (χ4v) is 8.02. The lowest BCUT2D eigenvalue weighted by Crippen LogP contribution is -2.52. The highest BCUT2D eigenvalue weighted by atomic mass is 16.7. The van der Waals surface area contributed by atoms with Gasteiger partial charge in [-0.1, -0.05) is 25.5 Å². The van der Waals surface area contributed by atoms with E-state index in [1.54, 1.807) is 5.57 Å². The number of rotatable bonds is 1. The van der Waals surface area contributed by atoms with Gasteiger partial charge in [0.05, 0.1) is 13.2 Å². The smallest absolute Gasteiger partial charge is 0.172 e. The molecule has 3 saturated carbocycles. The van der Waals surface area contributed by atoms with Gasteiger partial charge >= 0.3 is 0 Å². The summed E-state index contributed by atoms with van der Waals surface area (Å²) >= 11 is 0. The van der Waals surface area contributed by atoms with Gasteiger partial charge in [0, 0.05) is 18.8 Å². The highest BCUT2D eigenvalue weighted by Crippen LogP contribution is 2.67. The molecule has 1 saturated heterocycles. The van der Waals surface area contributed by atoms with Crippen molar-refractivity contribution in [1.29, 1.82) is 0 Å². The van der Waals surface area contributed by atoms with E-state index in [1.165, 1.54) is 32.1 Å². The summed E-state index contributed by atoms with van der Waals surface area (Å²) in [6, 6.07) is 0. The van der Waals surface area contributed by atoms with Gasteiger partial charge in [-0.05, 0) is 74.0 Å². The van der Waals surface area contributed by atoms with Crippen LogP contribution in [-0.2, 0) is 14.3 Å². The van der Waals surface area contributed by atoms with Crippen molar-refractivity contribution in [3.8, 4) is 0 Å². The molecule has 5 rings (SSSR count). The largest absolute Gasteiger partial charge is 0.347 e. The highest BCUT2D eigenvalue weighted by Gasteiger charge is 2.60. The van der Waals surface area contributed by atoms with E-state index in [0.717, 1.165) is 50.2 Å². The van der Waals surface area contributed by atoms with Crippen molar-refractivity contribution in [3.05, 3.63) is 11.6 Å². The van der Waals surface area contributed by atoms with Crippen LogP contribution in [0.25, 0.3) is 0 Å². The molecule has 5 aliphatic rings. The molecule has 0 amide bonds. The molecule has 1 spiro atoms. The SMILES string of the molecule is CC(=O)[C@@H]1CC[C@H]2[C@H]3CC=C4CC5(CC[C@]4(C)[C@@H]3CC[C@]12C)OCCO5. The van der Waals surface area contributed by atoms with Gasteiger partial charge in [0.25, 0.3) is 0 Å². The Bertz CT molecular complexity index is 646. The van der Waals surface area contributed by atoms with E-state index >= 15 is 0 Å². The standard InChI is InChI=1S/C23H34O3/c1-15(24)18-6-7-19-17-5-4-16-14-23(25-12-13-26-23)11-10-21(16,2)20(17)8-9-22(18,19)3/h4,17-20H,5-14H2,1-3H3/t17-,18+,19+,20-,21+,22-/m1/s1. The lowest BCUT2D eigenvalue weighted by Gasteiger charge is -2.58. The summed E-state index contributed by atoms with van der Waals surface area (Å²) in [6.45, 7) is 8.29. The molecule has 0 aromatic rings. The number of fused-ring (bicyclic) bond motifs is 5. The normalized spacial score (nSPS) is 49.3. The summed E-state index contributed by atoms with van der Waals surface area (Å²) in [5, 5.41) is 0. The van der Waals surface area contributed by atoms with Crippen molar-refractivity contribution in [2.45, 2.75) is 77.9 Å². The molecule has 0 radical (unpaired) electrons. The number of hydrogen-bond acceptors (Lipinski definition) is 3. The molecule has 1 heterocycles. The monoisotopic (exact) mass is 358 g/mol. The van der Waals surface area contributed by atoms with E-state index in [9.17, 15) is 4.79 Å². The summed E-state index contributed by atoms with van der Waals surface area (Å²) < 4.78 is 12.1. The van der Waals surface area contributed by atoms with Gasteiger partial charge in [0.2, 0.25) is 0 Å². The minimum absolute atomic E-state index is 0.252. The van der Waals surface area contributed by atoms with Gasteiger partial charge in [-0.15, -0.1) is 0 Å². The quantitative estimate of drug-likeness (QED) is 0.626. The Labute approximate surface area is 157 Å². The summed E-state index contributed by atoms with van der Waals surface area (Å²) in [5.74, 6) is 2.72. The van der Waals surface area contributed by atoms with Crippen LogP contribution in [0.15, 0.2) is 11.6 Å². The number of Topliss-reactive ketones (excluding diaryl/α,β-unsaturated/α-hetero) is 1. The van der Waals surface area contributed by atoms with E-state index < -0.39 is 0 Å². The lowest BCUT2D eigenvalue weighted by molar-refractivity contribution is -0.185. The Kier molecular flexibility index (Phi) is 3.80. The number of ketones is 1. The van der Waals surface area contributed by atoms with Crippen LogP contribution in [0, 0.1) is 34.5 Å². The third-order valence-corrected chi connectivity index (χ3v) is 9.41. The first-order valence-corrected chi connectivity index (χ1v) is 10.9. The first kappa shape index (κ1) is 17.4. The van der Waals surface area contributed by atoms with Crippen LogP contribution < -0.4 is 0 Å². The Hall–Kier alpha value is -0.670. The topological polar surface area (TPSA) is 35.5 Å². The van der Waals surface area contributed by atoms with Crippen LogP contribution in [0.3, 0.4) is 0 Å². The molecule has 3 nitrogen and oxygen atoms in total. The fourth-order valence-electron chi connectivity index (χ4n) is 8.02. The molecule has 4 aliphatic carbocycles. The van der Waals surface area contributed by atoms with Crippen LogP contribution in [-0.4, -0.2) is 24.8 Å². The molecule has 0 unspecified atom stereocenters. The fraction of sp³-hybridized carbons (Fsp3) is 0.870. The van der Waals surface area contributed by atoms with Crippen LogP contribution >= 0.6 is 0 Å². The Morgan fingerprint density at radius 1 is 1.04 bits per heavy atom. The first-order valence-electron chi connectivity index (χ1n) is 10.9. The van der Waals surface area contributed by atoms with E-state index in [4.69, 9.17) is 9.47 Å². The molecule has 144 valence electrons. The Morgan fingerprint density at radius 2 is 1.81 bits per heavy atom. The summed E-state index contributed by atoms with van der Waals surface area (Å²) in [5.41, 5.74) is 2.18. The molecule has 6 atom stereocenters.